The van der Waals surface area contributed by atoms with Gasteiger partial charge in [0.25, 0.3) is 0 Å². The van der Waals surface area contributed by atoms with Crippen LogP contribution in [-0.4, -0.2) is 31.5 Å². The van der Waals surface area contributed by atoms with Crippen LogP contribution in [0.4, 0.5) is 0 Å². The first-order valence-corrected chi connectivity index (χ1v) is 11.8. The van der Waals surface area contributed by atoms with Gasteiger partial charge in [-0.2, -0.15) is 5.06 Å². The van der Waals surface area contributed by atoms with Gasteiger partial charge in [0, 0.05) is 13.5 Å². The molecule has 0 aliphatic rings. The van der Waals surface area contributed by atoms with Crippen LogP contribution in [0.25, 0.3) is 0 Å². The fourth-order valence-electron chi connectivity index (χ4n) is 2.64. The van der Waals surface area contributed by atoms with Crippen molar-refractivity contribution in [2.75, 3.05) is 0 Å². The molecule has 0 bridgehead atoms. The maximum Gasteiger partial charge on any atom is 0.303 e. The van der Waals surface area contributed by atoms with Gasteiger partial charge < -0.3 is 9.26 Å². The van der Waals surface area contributed by atoms with Crippen molar-refractivity contribution in [3.05, 3.63) is 48.6 Å². The molecule has 134 valence electrons. The molecule has 0 N–H and O–H groups in total. The van der Waals surface area contributed by atoms with E-state index < -0.39 is 14.4 Å². The standard InChI is InChI=1S/C19H31NO3Si/c1-8-18(22-16(4)21)19(15(2)3)20(23-24(5,6)7)14-17-12-10-9-11-13-17/h8-13,15,18-19H,1,14H2,2-7H3/t18-,19+/m0/s1. The van der Waals surface area contributed by atoms with Crippen LogP contribution in [0.15, 0.2) is 43.0 Å². The number of nitrogens with zero attached hydrogens (tertiary/aromatic N) is 1. The van der Waals surface area contributed by atoms with Crippen LogP contribution < -0.4 is 0 Å². The Labute approximate surface area is 147 Å². The van der Waals surface area contributed by atoms with E-state index in [1.165, 1.54) is 6.92 Å². The molecule has 1 aromatic carbocycles. The summed E-state index contributed by atoms with van der Waals surface area (Å²) >= 11 is 0. The number of hydrogen-bond donors (Lipinski definition) is 0. The Bertz CT molecular complexity index is 525. The predicted molar refractivity (Wildman–Crippen MR) is 101 cm³/mol. The van der Waals surface area contributed by atoms with Gasteiger partial charge in [0.15, 0.2) is 0 Å². The van der Waals surface area contributed by atoms with E-state index in [1.807, 2.05) is 23.3 Å². The Kier molecular flexibility index (Phi) is 7.86. The molecule has 0 aliphatic heterocycles. The zero-order valence-electron chi connectivity index (χ0n) is 15.8. The Balaban J connectivity index is 3.14. The van der Waals surface area contributed by atoms with Gasteiger partial charge in [0.1, 0.15) is 6.10 Å². The summed E-state index contributed by atoms with van der Waals surface area (Å²) in [6.07, 6.45) is 1.28. The van der Waals surface area contributed by atoms with Crippen LogP contribution in [0.2, 0.25) is 19.6 Å². The van der Waals surface area contributed by atoms with Crippen molar-refractivity contribution >= 4 is 14.3 Å². The fourth-order valence-corrected chi connectivity index (χ4v) is 3.53. The van der Waals surface area contributed by atoms with Crippen LogP contribution in [0.3, 0.4) is 0 Å². The Morgan fingerprint density at radius 1 is 1.25 bits per heavy atom. The van der Waals surface area contributed by atoms with E-state index in [-0.39, 0.29) is 17.9 Å². The lowest BCUT2D eigenvalue weighted by molar-refractivity contribution is -0.171. The molecule has 0 saturated carbocycles. The molecule has 0 saturated heterocycles. The van der Waals surface area contributed by atoms with Gasteiger partial charge in [-0.25, -0.2) is 0 Å². The van der Waals surface area contributed by atoms with E-state index in [0.717, 1.165) is 5.56 Å². The number of ether oxygens (including phenoxy) is 1. The summed E-state index contributed by atoms with van der Waals surface area (Å²) in [6, 6.07) is 10.1. The first-order chi connectivity index (χ1) is 11.1. The van der Waals surface area contributed by atoms with Crippen LogP contribution in [0, 0.1) is 5.92 Å². The second-order valence-corrected chi connectivity index (χ2v) is 11.7. The Morgan fingerprint density at radius 2 is 1.83 bits per heavy atom. The molecule has 5 heteroatoms. The zero-order valence-corrected chi connectivity index (χ0v) is 16.8. The van der Waals surface area contributed by atoms with Gasteiger partial charge in [-0.05, 0) is 37.2 Å². The number of benzene rings is 1. The Hall–Kier alpha value is -1.43. The number of rotatable bonds is 9. The van der Waals surface area contributed by atoms with Crippen molar-refractivity contribution in [1.82, 2.24) is 5.06 Å². The van der Waals surface area contributed by atoms with E-state index in [2.05, 4.69) is 52.2 Å². The van der Waals surface area contributed by atoms with Crippen molar-refractivity contribution in [1.29, 1.82) is 0 Å². The molecule has 0 amide bonds. The highest BCUT2D eigenvalue weighted by Crippen LogP contribution is 2.24. The normalized spacial score (nSPS) is 14.5. The van der Waals surface area contributed by atoms with E-state index in [9.17, 15) is 4.79 Å². The van der Waals surface area contributed by atoms with Crippen molar-refractivity contribution in [3.63, 3.8) is 0 Å². The molecule has 24 heavy (non-hydrogen) atoms. The van der Waals surface area contributed by atoms with Crippen molar-refractivity contribution in [3.8, 4) is 0 Å². The van der Waals surface area contributed by atoms with Crippen LogP contribution in [0.5, 0.6) is 0 Å². The smallest absolute Gasteiger partial charge is 0.303 e. The highest BCUT2D eigenvalue weighted by atomic mass is 28.4. The largest absolute Gasteiger partial charge is 0.457 e. The van der Waals surface area contributed by atoms with Crippen LogP contribution >= 0.6 is 0 Å². The SMILES string of the molecule is C=C[C@H](OC(C)=O)[C@@H](C(C)C)N(Cc1ccccc1)O[Si](C)(C)C. The third-order valence-corrected chi connectivity index (χ3v) is 4.24. The molecule has 0 fully saturated rings. The predicted octanol–water partition coefficient (Wildman–Crippen LogP) is 4.40. The summed E-state index contributed by atoms with van der Waals surface area (Å²) in [5, 5.41) is 1.99. The number of esters is 1. The number of hydrogen-bond acceptors (Lipinski definition) is 4. The number of carbonyl (C=O) groups is 1. The van der Waals surface area contributed by atoms with Gasteiger partial charge in [0.05, 0.1) is 6.04 Å². The van der Waals surface area contributed by atoms with Crippen molar-refractivity contribution in [2.24, 2.45) is 5.92 Å². The van der Waals surface area contributed by atoms with Crippen LogP contribution in [0.1, 0.15) is 26.3 Å². The zero-order chi connectivity index (χ0) is 18.3. The molecule has 2 atom stereocenters. The molecule has 0 unspecified atom stereocenters. The first kappa shape index (κ1) is 20.6. The quantitative estimate of drug-likeness (QED) is 0.287. The highest BCUT2D eigenvalue weighted by Gasteiger charge is 2.34. The summed E-state index contributed by atoms with van der Waals surface area (Å²) in [4.78, 5) is 11.5. The molecule has 0 aliphatic carbocycles. The van der Waals surface area contributed by atoms with E-state index in [1.54, 1.807) is 6.08 Å². The second-order valence-electron chi connectivity index (χ2n) is 7.31. The fraction of sp³-hybridized carbons (Fsp3) is 0.526. The summed E-state index contributed by atoms with van der Waals surface area (Å²) in [5.74, 6) is -0.0781. The minimum Gasteiger partial charge on any atom is -0.457 e. The molecular formula is C19H31NO3Si. The number of carbonyl (C=O) groups excluding carboxylic acids is 1. The molecule has 0 spiro atoms. The van der Waals surface area contributed by atoms with Gasteiger partial charge in [-0.3, -0.25) is 4.79 Å². The lowest BCUT2D eigenvalue weighted by Gasteiger charge is -2.40. The number of hydroxylamine groups is 2. The van der Waals surface area contributed by atoms with Crippen LogP contribution in [-0.2, 0) is 20.6 Å². The lowest BCUT2D eigenvalue weighted by atomic mass is 9.97. The maximum atomic E-state index is 11.5. The van der Waals surface area contributed by atoms with Gasteiger partial charge in [-0.15, -0.1) is 0 Å². The summed E-state index contributed by atoms with van der Waals surface area (Å²) < 4.78 is 11.9. The summed E-state index contributed by atoms with van der Waals surface area (Å²) in [6.45, 7) is 16.6. The summed E-state index contributed by atoms with van der Waals surface area (Å²) in [7, 11) is -1.83. The average molecular weight is 350 g/mol. The monoisotopic (exact) mass is 349 g/mol. The van der Waals surface area contributed by atoms with Gasteiger partial charge >= 0.3 is 5.97 Å². The summed E-state index contributed by atoms with van der Waals surface area (Å²) in [5.41, 5.74) is 1.16. The lowest BCUT2D eigenvalue weighted by Crippen LogP contribution is -2.51. The van der Waals surface area contributed by atoms with E-state index in [0.29, 0.717) is 6.54 Å². The third-order valence-electron chi connectivity index (χ3n) is 3.46. The minimum absolute atomic E-state index is 0.0988. The van der Waals surface area contributed by atoms with Gasteiger partial charge in [-0.1, -0.05) is 50.8 Å². The van der Waals surface area contributed by atoms with E-state index in [4.69, 9.17) is 9.26 Å². The molecule has 0 aromatic heterocycles. The van der Waals surface area contributed by atoms with E-state index >= 15 is 0 Å². The van der Waals surface area contributed by atoms with Crippen molar-refractivity contribution in [2.45, 2.75) is 59.1 Å². The molecule has 1 aromatic rings. The maximum absolute atomic E-state index is 11.5. The highest BCUT2D eigenvalue weighted by molar-refractivity contribution is 6.69. The minimum atomic E-state index is -1.83. The molecule has 4 nitrogen and oxygen atoms in total. The first-order valence-electron chi connectivity index (χ1n) is 8.43. The van der Waals surface area contributed by atoms with Gasteiger partial charge in [0.2, 0.25) is 8.32 Å². The second kappa shape index (κ2) is 9.16. The molecule has 0 radical (unpaired) electrons. The Morgan fingerprint density at radius 3 is 2.25 bits per heavy atom. The topological polar surface area (TPSA) is 38.8 Å². The van der Waals surface area contributed by atoms with Crippen molar-refractivity contribution < 1.29 is 14.1 Å². The molecule has 0 heterocycles. The molecular weight excluding hydrogens is 318 g/mol. The average Bonchev–Trinajstić information content (AvgIpc) is 2.45. The molecule has 1 rings (SSSR count). The third kappa shape index (κ3) is 6.99.